The zero-order valence-corrected chi connectivity index (χ0v) is 18.5. The van der Waals surface area contributed by atoms with Gasteiger partial charge in [0.05, 0.1) is 18.7 Å². The van der Waals surface area contributed by atoms with Gasteiger partial charge in [-0.25, -0.2) is 0 Å². The van der Waals surface area contributed by atoms with Crippen LogP contribution < -0.4 is 4.90 Å². The highest BCUT2D eigenvalue weighted by Crippen LogP contribution is 2.45. The summed E-state index contributed by atoms with van der Waals surface area (Å²) in [6.07, 6.45) is -0.342. The molecule has 0 aliphatic carbocycles. The van der Waals surface area contributed by atoms with Gasteiger partial charge in [0, 0.05) is 16.1 Å². The van der Waals surface area contributed by atoms with Crippen LogP contribution in [0.2, 0.25) is 5.02 Å². The fourth-order valence-corrected chi connectivity index (χ4v) is 4.29. The van der Waals surface area contributed by atoms with E-state index in [0.29, 0.717) is 28.4 Å². The van der Waals surface area contributed by atoms with E-state index in [4.69, 9.17) is 11.6 Å². The number of hydrogen-bond acceptors (Lipinski definition) is 3. The maximum absolute atomic E-state index is 13.5. The minimum absolute atomic E-state index is 0.296. The summed E-state index contributed by atoms with van der Waals surface area (Å²) >= 11 is 6.19. The molecular formula is C26H24ClNO3. The third-order valence-corrected chi connectivity index (χ3v) is 6.15. The molecule has 1 amide bonds. The van der Waals surface area contributed by atoms with Gasteiger partial charge in [0.1, 0.15) is 0 Å². The Hall–Kier alpha value is -2.95. The monoisotopic (exact) mass is 433 g/mol. The summed E-state index contributed by atoms with van der Waals surface area (Å²) in [7, 11) is 0. The van der Waals surface area contributed by atoms with Crippen LogP contribution in [0, 0.1) is 20.8 Å². The largest absolute Gasteiger partial charge is 0.375 e. The number of Topliss-reactive ketones (excluding diaryl/α,β-unsaturated/α-hetero) is 1. The molecule has 158 valence electrons. The van der Waals surface area contributed by atoms with E-state index in [1.54, 1.807) is 35.2 Å². The molecule has 1 heterocycles. The molecule has 1 aliphatic rings. The normalized spacial score (nSPS) is 17.7. The van der Waals surface area contributed by atoms with Crippen LogP contribution in [0.1, 0.15) is 44.6 Å². The Kier molecular flexibility index (Phi) is 5.46. The number of carbonyl (C=O) groups is 2. The van der Waals surface area contributed by atoms with E-state index in [1.165, 1.54) is 0 Å². The van der Waals surface area contributed by atoms with Crippen molar-refractivity contribution >= 4 is 29.0 Å². The number of rotatable bonds is 5. The lowest BCUT2D eigenvalue weighted by Gasteiger charge is -2.23. The lowest BCUT2D eigenvalue weighted by atomic mass is 9.88. The first kappa shape index (κ1) is 21.3. The van der Waals surface area contributed by atoms with Crippen molar-refractivity contribution in [2.45, 2.75) is 39.3 Å². The maximum atomic E-state index is 13.5. The number of carbonyl (C=O) groups excluding carboxylic acids is 2. The molecule has 3 aromatic rings. The van der Waals surface area contributed by atoms with Gasteiger partial charge in [0.15, 0.2) is 11.4 Å². The summed E-state index contributed by atoms with van der Waals surface area (Å²) in [5, 5.41) is 11.9. The molecule has 4 rings (SSSR count). The zero-order valence-electron chi connectivity index (χ0n) is 17.8. The molecule has 0 saturated carbocycles. The van der Waals surface area contributed by atoms with E-state index in [0.717, 1.165) is 22.3 Å². The number of aryl methyl sites for hydroxylation is 3. The Morgan fingerprint density at radius 1 is 0.968 bits per heavy atom. The van der Waals surface area contributed by atoms with Crippen LogP contribution in [-0.2, 0) is 16.9 Å². The zero-order chi connectivity index (χ0) is 22.3. The van der Waals surface area contributed by atoms with Crippen molar-refractivity contribution in [3.8, 4) is 0 Å². The quantitative estimate of drug-likeness (QED) is 0.557. The van der Waals surface area contributed by atoms with Crippen LogP contribution in [0.15, 0.2) is 60.7 Å². The van der Waals surface area contributed by atoms with Crippen LogP contribution in [0.5, 0.6) is 0 Å². The number of ketones is 1. The molecule has 0 spiro atoms. The number of benzene rings is 3. The maximum Gasteiger partial charge on any atom is 0.264 e. The molecule has 5 heteroatoms. The van der Waals surface area contributed by atoms with Gasteiger partial charge >= 0.3 is 0 Å². The van der Waals surface area contributed by atoms with Crippen LogP contribution in [-0.4, -0.2) is 16.8 Å². The highest BCUT2D eigenvalue weighted by atomic mass is 35.5. The van der Waals surface area contributed by atoms with Crippen LogP contribution in [0.4, 0.5) is 5.69 Å². The van der Waals surface area contributed by atoms with Gasteiger partial charge in [-0.15, -0.1) is 0 Å². The number of amides is 1. The van der Waals surface area contributed by atoms with Crippen molar-refractivity contribution in [2.75, 3.05) is 4.90 Å². The number of nitrogens with zero attached hydrogens (tertiary/aromatic N) is 1. The summed E-state index contributed by atoms with van der Waals surface area (Å²) in [6.45, 7) is 6.26. The number of anilines is 1. The lowest BCUT2D eigenvalue weighted by Crippen LogP contribution is -2.41. The van der Waals surface area contributed by atoms with Crippen molar-refractivity contribution in [1.29, 1.82) is 0 Å². The SMILES string of the molecule is Cc1ccc(C(=O)C[C@]2(O)C(=O)N(Cc3ccc(C)cc3C)c3ccc(Cl)cc32)cc1. The number of aliphatic hydroxyl groups is 1. The van der Waals surface area contributed by atoms with E-state index < -0.39 is 11.5 Å². The Balaban J connectivity index is 1.71. The number of hydrogen-bond donors (Lipinski definition) is 1. The minimum Gasteiger partial charge on any atom is -0.375 e. The van der Waals surface area contributed by atoms with E-state index in [9.17, 15) is 14.7 Å². The molecule has 0 aromatic heterocycles. The molecule has 1 N–H and O–H groups in total. The fraction of sp³-hybridized carbons (Fsp3) is 0.231. The van der Waals surface area contributed by atoms with Crippen LogP contribution >= 0.6 is 11.6 Å². The predicted molar refractivity (Wildman–Crippen MR) is 123 cm³/mol. The smallest absolute Gasteiger partial charge is 0.264 e. The van der Waals surface area contributed by atoms with Gasteiger partial charge in [-0.2, -0.15) is 0 Å². The molecule has 0 radical (unpaired) electrons. The molecule has 3 aromatic carbocycles. The second-order valence-electron chi connectivity index (χ2n) is 8.31. The molecule has 1 atom stereocenters. The first-order valence-electron chi connectivity index (χ1n) is 10.2. The minimum atomic E-state index is -1.96. The molecule has 4 nitrogen and oxygen atoms in total. The van der Waals surface area contributed by atoms with E-state index >= 15 is 0 Å². The highest BCUT2D eigenvalue weighted by Gasteiger charge is 2.51. The molecule has 0 bridgehead atoms. The van der Waals surface area contributed by atoms with Gasteiger partial charge < -0.3 is 10.0 Å². The molecule has 1 aliphatic heterocycles. The highest BCUT2D eigenvalue weighted by molar-refractivity contribution is 6.31. The summed E-state index contributed by atoms with van der Waals surface area (Å²) in [5.41, 5.74) is 3.67. The lowest BCUT2D eigenvalue weighted by molar-refractivity contribution is -0.136. The molecule has 31 heavy (non-hydrogen) atoms. The molecular weight excluding hydrogens is 410 g/mol. The van der Waals surface area contributed by atoms with Gasteiger partial charge in [-0.1, -0.05) is 65.2 Å². The Labute approximate surface area is 187 Å². The first-order valence-corrected chi connectivity index (χ1v) is 10.6. The molecule has 0 unspecified atom stereocenters. The standard InChI is InChI=1S/C26H24ClNO3/c1-16-4-7-19(8-5-16)24(29)14-26(31)22-13-21(27)10-11-23(22)28(25(26)30)15-20-9-6-17(2)12-18(20)3/h4-13,31H,14-15H2,1-3H3/t26-/m1/s1. The third kappa shape index (κ3) is 3.89. The third-order valence-electron chi connectivity index (χ3n) is 5.91. The summed E-state index contributed by atoms with van der Waals surface area (Å²) in [4.78, 5) is 28.0. The van der Waals surface area contributed by atoms with E-state index in [1.807, 2.05) is 45.0 Å². The number of halogens is 1. The molecule has 0 saturated heterocycles. The van der Waals surface area contributed by atoms with Crippen LogP contribution in [0.3, 0.4) is 0 Å². The topological polar surface area (TPSA) is 57.6 Å². The van der Waals surface area contributed by atoms with Gasteiger partial charge in [0.25, 0.3) is 5.91 Å². The first-order chi connectivity index (χ1) is 14.7. The fourth-order valence-electron chi connectivity index (χ4n) is 4.12. The summed E-state index contributed by atoms with van der Waals surface area (Å²) in [6, 6.07) is 18.2. The molecule has 0 fully saturated rings. The summed E-state index contributed by atoms with van der Waals surface area (Å²) < 4.78 is 0. The van der Waals surface area contributed by atoms with E-state index in [-0.39, 0.29) is 12.2 Å². The average Bonchev–Trinajstić information content (AvgIpc) is 2.92. The predicted octanol–water partition coefficient (Wildman–Crippen LogP) is 5.27. The number of fused-ring (bicyclic) bond motifs is 1. The Morgan fingerprint density at radius 3 is 2.32 bits per heavy atom. The summed E-state index contributed by atoms with van der Waals surface area (Å²) in [5.74, 6) is -0.805. The van der Waals surface area contributed by atoms with Crippen molar-refractivity contribution in [3.05, 3.63) is 99.1 Å². The van der Waals surface area contributed by atoms with Crippen LogP contribution in [0.25, 0.3) is 0 Å². The second kappa shape index (κ2) is 7.95. The Bertz CT molecular complexity index is 1190. The van der Waals surface area contributed by atoms with E-state index in [2.05, 4.69) is 6.07 Å². The van der Waals surface area contributed by atoms with Crippen molar-refractivity contribution in [3.63, 3.8) is 0 Å². The Morgan fingerprint density at radius 2 is 1.65 bits per heavy atom. The van der Waals surface area contributed by atoms with Gasteiger partial charge in [0.2, 0.25) is 0 Å². The van der Waals surface area contributed by atoms with Crippen molar-refractivity contribution in [1.82, 2.24) is 0 Å². The second-order valence-corrected chi connectivity index (χ2v) is 8.75. The van der Waals surface area contributed by atoms with Crippen molar-refractivity contribution < 1.29 is 14.7 Å². The van der Waals surface area contributed by atoms with Gasteiger partial charge in [-0.05, 0) is 50.1 Å². The average molecular weight is 434 g/mol. The van der Waals surface area contributed by atoms with Gasteiger partial charge in [-0.3, -0.25) is 9.59 Å². The van der Waals surface area contributed by atoms with Crippen molar-refractivity contribution in [2.24, 2.45) is 0 Å².